The number of carbonyl (C=O) groups excluding carboxylic acids is 3. The fourth-order valence-electron chi connectivity index (χ4n) is 2.82. The van der Waals surface area contributed by atoms with Crippen molar-refractivity contribution in [3.05, 3.63) is 95.6 Å². The number of anilines is 2. The summed E-state index contributed by atoms with van der Waals surface area (Å²) < 4.78 is 0. The zero-order valence-electron chi connectivity index (χ0n) is 16.4. The Balaban J connectivity index is 1.56. The Morgan fingerprint density at radius 2 is 1.27 bits per heavy atom. The van der Waals surface area contributed by atoms with Gasteiger partial charge in [0.25, 0.3) is 5.91 Å². The fourth-order valence-corrected chi connectivity index (χ4v) is 2.82. The summed E-state index contributed by atoms with van der Waals surface area (Å²) in [5.41, 5.74) is 8.20. The Morgan fingerprint density at radius 3 is 1.83 bits per heavy atom. The van der Waals surface area contributed by atoms with Gasteiger partial charge in [0.1, 0.15) is 0 Å². The molecule has 152 valence electrons. The molecule has 0 radical (unpaired) electrons. The largest absolute Gasteiger partial charge is 0.366 e. The average Bonchev–Trinajstić information content (AvgIpc) is 2.75. The van der Waals surface area contributed by atoms with Crippen molar-refractivity contribution in [1.29, 1.82) is 0 Å². The van der Waals surface area contributed by atoms with Crippen molar-refractivity contribution >= 4 is 29.2 Å². The molecule has 7 heteroatoms. The van der Waals surface area contributed by atoms with Crippen LogP contribution in [0.5, 0.6) is 0 Å². The highest BCUT2D eigenvalue weighted by Gasteiger charge is 2.12. The molecule has 0 bridgehead atoms. The van der Waals surface area contributed by atoms with E-state index in [1.165, 1.54) is 12.1 Å². The Kier molecular flexibility index (Phi) is 6.44. The summed E-state index contributed by atoms with van der Waals surface area (Å²) in [6, 6.07) is 21.9. The minimum atomic E-state index is -0.540. The molecule has 0 heterocycles. The molecule has 3 aromatic rings. The first kappa shape index (κ1) is 20.6. The van der Waals surface area contributed by atoms with Crippen molar-refractivity contribution in [3.8, 4) is 0 Å². The minimum absolute atomic E-state index is 0.250. The van der Waals surface area contributed by atoms with Gasteiger partial charge in [0.2, 0.25) is 5.91 Å². The SMILES string of the molecule is CC(NC(=O)c1ccc(C(N)=O)cc1)c1ccc(NC(=O)Nc2ccccc2)cc1. The molecule has 0 spiro atoms. The smallest absolute Gasteiger partial charge is 0.323 e. The van der Waals surface area contributed by atoms with Crippen LogP contribution in [0, 0.1) is 0 Å². The zero-order valence-corrected chi connectivity index (χ0v) is 16.4. The molecule has 0 saturated carbocycles. The molecule has 0 aliphatic carbocycles. The molecule has 0 aliphatic rings. The number of carbonyl (C=O) groups is 3. The van der Waals surface area contributed by atoms with Gasteiger partial charge in [-0.25, -0.2) is 4.79 Å². The van der Waals surface area contributed by atoms with Gasteiger partial charge >= 0.3 is 6.03 Å². The highest BCUT2D eigenvalue weighted by atomic mass is 16.2. The van der Waals surface area contributed by atoms with E-state index >= 15 is 0 Å². The Labute approximate surface area is 174 Å². The van der Waals surface area contributed by atoms with Gasteiger partial charge in [0.15, 0.2) is 0 Å². The van der Waals surface area contributed by atoms with Gasteiger partial charge in [-0.05, 0) is 61.0 Å². The van der Waals surface area contributed by atoms with Crippen molar-refractivity contribution in [1.82, 2.24) is 5.32 Å². The van der Waals surface area contributed by atoms with Crippen molar-refractivity contribution in [2.75, 3.05) is 10.6 Å². The van der Waals surface area contributed by atoms with E-state index in [4.69, 9.17) is 5.73 Å². The molecular weight excluding hydrogens is 380 g/mol. The fraction of sp³-hybridized carbons (Fsp3) is 0.0870. The van der Waals surface area contributed by atoms with Gasteiger partial charge in [-0.1, -0.05) is 30.3 Å². The maximum Gasteiger partial charge on any atom is 0.323 e. The molecule has 7 nitrogen and oxygen atoms in total. The van der Waals surface area contributed by atoms with Crippen LogP contribution >= 0.6 is 0 Å². The summed E-state index contributed by atoms with van der Waals surface area (Å²) in [5.74, 6) is -0.801. The van der Waals surface area contributed by atoms with E-state index in [9.17, 15) is 14.4 Å². The number of hydrogen-bond donors (Lipinski definition) is 4. The summed E-state index contributed by atoms with van der Waals surface area (Å²) in [6.45, 7) is 1.86. The van der Waals surface area contributed by atoms with E-state index < -0.39 is 5.91 Å². The standard InChI is InChI=1S/C23H22N4O3/c1-15(25-22(29)18-9-7-17(8-10-18)21(24)28)16-11-13-20(14-12-16)27-23(30)26-19-5-3-2-4-6-19/h2-15H,1H3,(H2,24,28)(H,25,29)(H2,26,27,30). The number of para-hydroxylation sites is 1. The zero-order chi connectivity index (χ0) is 21.5. The van der Waals surface area contributed by atoms with Crippen LogP contribution in [-0.2, 0) is 0 Å². The molecule has 1 unspecified atom stereocenters. The van der Waals surface area contributed by atoms with E-state index in [1.54, 1.807) is 36.4 Å². The van der Waals surface area contributed by atoms with Crippen LogP contribution in [0.15, 0.2) is 78.9 Å². The molecule has 0 aromatic heterocycles. The van der Waals surface area contributed by atoms with E-state index in [-0.39, 0.29) is 18.0 Å². The lowest BCUT2D eigenvalue weighted by Crippen LogP contribution is -2.26. The molecule has 1 atom stereocenters. The number of rotatable bonds is 6. The third-order valence-corrected chi connectivity index (χ3v) is 4.48. The van der Waals surface area contributed by atoms with Crippen LogP contribution in [-0.4, -0.2) is 17.8 Å². The predicted molar refractivity (Wildman–Crippen MR) is 116 cm³/mol. The first-order valence-corrected chi connectivity index (χ1v) is 9.36. The average molecular weight is 402 g/mol. The van der Waals surface area contributed by atoms with Crippen molar-refractivity contribution in [2.24, 2.45) is 5.73 Å². The monoisotopic (exact) mass is 402 g/mol. The third-order valence-electron chi connectivity index (χ3n) is 4.48. The van der Waals surface area contributed by atoms with Gasteiger partial charge < -0.3 is 21.7 Å². The molecule has 0 aliphatic heterocycles. The van der Waals surface area contributed by atoms with Crippen molar-refractivity contribution in [2.45, 2.75) is 13.0 Å². The summed E-state index contributed by atoms with van der Waals surface area (Å²) in [6.07, 6.45) is 0. The maximum atomic E-state index is 12.4. The molecule has 0 fully saturated rings. The highest BCUT2D eigenvalue weighted by molar-refractivity contribution is 6.00. The van der Waals surface area contributed by atoms with Crippen molar-refractivity contribution in [3.63, 3.8) is 0 Å². The van der Waals surface area contributed by atoms with Crippen LogP contribution in [0.1, 0.15) is 39.2 Å². The number of nitrogens with two attached hydrogens (primary N) is 1. The van der Waals surface area contributed by atoms with E-state index in [0.717, 1.165) is 5.56 Å². The van der Waals surface area contributed by atoms with Gasteiger partial charge in [0, 0.05) is 22.5 Å². The first-order chi connectivity index (χ1) is 14.4. The number of benzene rings is 3. The molecule has 3 aromatic carbocycles. The summed E-state index contributed by atoms with van der Waals surface area (Å²) in [4.78, 5) is 35.6. The van der Waals surface area contributed by atoms with E-state index in [0.29, 0.717) is 22.5 Å². The molecule has 5 N–H and O–H groups in total. The minimum Gasteiger partial charge on any atom is -0.366 e. The summed E-state index contributed by atoms with van der Waals surface area (Å²) in [5, 5.41) is 8.41. The lowest BCUT2D eigenvalue weighted by molar-refractivity contribution is 0.0937. The second-order valence-electron chi connectivity index (χ2n) is 6.70. The first-order valence-electron chi connectivity index (χ1n) is 9.36. The van der Waals surface area contributed by atoms with E-state index in [1.807, 2.05) is 37.3 Å². The normalized spacial score (nSPS) is 11.2. The molecule has 3 rings (SSSR count). The third kappa shape index (κ3) is 5.45. The molecule has 30 heavy (non-hydrogen) atoms. The second kappa shape index (κ2) is 9.38. The molecule has 0 saturated heterocycles. The Morgan fingerprint density at radius 1 is 0.733 bits per heavy atom. The van der Waals surface area contributed by atoms with E-state index in [2.05, 4.69) is 16.0 Å². The lowest BCUT2D eigenvalue weighted by atomic mass is 10.1. The van der Waals surface area contributed by atoms with Gasteiger partial charge in [-0.2, -0.15) is 0 Å². The number of nitrogens with one attached hydrogen (secondary N) is 3. The van der Waals surface area contributed by atoms with Crippen molar-refractivity contribution < 1.29 is 14.4 Å². The maximum absolute atomic E-state index is 12.4. The van der Waals surface area contributed by atoms with Crippen LogP contribution in [0.4, 0.5) is 16.2 Å². The number of primary amides is 1. The summed E-state index contributed by atoms with van der Waals surface area (Å²) >= 11 is 0. The highest BCUT2D eigenvalue weighted by Crippen LogP contribution is 2.17. The Hall–Kier alpha value is -4.13. The number of hydrogen-bond acceptors (Lipinski definition) is 3. The number of urea groups is 1. The Bertz CT molecular complexity index is 1030. The summed E-state index contributed by atoms with van der Waals surface area (Å²) in [7, 11) is 0. The lowest BCUT2D eigenvalue weighted by Gasteiger charge is -2.15. The van der Waals surface area contributed by atoms with Crippen LogP contribution in [0.3, 0.4) is 0 Å². The van der Waals surface area contributed by atoms with Crippen LogP contribution in [0.2, 0.25) is 0 Å². The van der Waals surface area contributed by atoms with Gasteiger partial charge in [0.05, 0.1) is 6.04 Å². The quantitative estimate of drug-likeness (QED) is 0.501. The van der Waals surface area contributed by atoms with Crippen LogP contribution in [0.25, 0.3) is 0 Å². The van der Waals surface area contributed by atoms with Crippen LogP contribution < -0.4 is 21.7 Å². The number of amides is 4. The van der Waals surface area contributed by atoms with Gasteiger partial charge in [-0.15, -0.1) is 0 Å². The molecule has 4 amide bonds. The topological polar surface area (TPSA) is 113 Å². The molecular formula is C23H22N4O3. The predicted octanol–water partition coefficient (Wildman–Crippen LogP) is 3.92. The van der Waals surface area contributed by atoms with Gasteiger partial charge in [-0.3, -0.25) is 9.59 Å². The second-order valence-corrected chi connectivity index (χ2v) is 6.70.